The normalized spacial score (nSPS) is 11.1. The van der Waals surface area contributed by atoms with E-state index < -0.39 is 6.03 Å². The summed E-state index contributed by atoms with van der Waals surface area (Å²) >= 11 is 1.67. The van der Waals surface area contributed by atoms with Crippen LogP contribution < -0.4 is 20.9 Å². The van der Waals surface area contributed by atoms with E-state index in [9.17, 15) is 9.59 Å². The highest BCUT2D eigenvalue weighted by Crippen LogP contribution is 2.36. The number of fused-ring (bicyclic) bond motifs is 2. The molecule has 0 unspecified atom stereocenters. The first-order valence-electron chi connectivity index (χ1n) is 13.9. The van der Waals surface area contributed by atoms with E-state index >= 15 is 0 Å². The summed E-state index contributed by atoms with van der Waals surface area (Å²) in [7, 11) is 0. The number of amides is 2. The Bertz CT molecular complexity index is 1990. The van der Waals surface area contributed by atoms with Gasteiger partial charge in [0.1, 0.15) is 17.1 Å². The number of H-pyrrole nitrogens is 1. The van der Waals surface area contributed by atoms with Gasteiger partial charge in [-0.3, -0.25) is 10.1 Å². The van der Waals surface area contributed by atoms with Crippen LogP contribution in [-0.4, -0.2) is 37.0 Å². The van der Waals surface area contributed by atoms with E-state index in [4.69, 9.17) is 9.84 Å². The third kappa shape index (κ3) is 6.07. The fraction of sp³-hybridized carbons (Fsp3) is 0.156. The molecule has 6 aromatic rings. The number of nitrogens with zero attached hydrogens (tertiary/aromatic N) is 4. The van der Waals surface area contributed by atoms with Gasteiger partial charge in [-0.1, -0.05) is 37.6 Å². The van der Waals surface area contributed by atoms with Crippen LogP contribution in [0.4, 0.5) is 16.3 Å². The van der Waals surface area contributed by atoms with E-state index in [1.54, 1.807) is 40.8 Å². The van der Waals surface area contributed by atoms with Crippen LogP contribution >= 0.6 is 11.8 Å². The summed E-state index contributed by atoms with van der Waals surface area (Å²) in [6.45, 7) is 2.14. The quantitative estimate of drug-likeness (QED) is 0.152. The van der Waals surface area contributed by atoms with Crippen molar-refractivity contribution in [3.63, 3.8) is 0 Å². The molecule has 43 heavy (non-hydrogen) atoms. The van der Waals surface area contributed by atoms with Crippen LogP contribution in [0.3, 0.4) is 0 Å². The molecule has 3 N–H and O–H groups in total. The molecule has 0 aliphatic rings. The number of aromatic nitrogens is 5. The van der Waals surface area contributed by atoms with Gasteiger partial charge in [0.05, 0.1) is 23.3 Å². The van der Waals surface area contributed by atoms with E-state index in [-0.39, 0.29) is 5.56 Å². The average molecular weight is 592 g/mol. The first kappa shape index (κ1) is 28.0. The van der Waals surface area contributed by atoms with Gasteiger partial charge in [-0.2, -0.15) is 5.10 Å². The number of aryl methyl sites for hydroxylation is 1. The van der Waals surface area contributed by atoms with E-state index in [2.05, 4.69) is 32.5 Å². The van der Waals surface area contributed by atoms with Gasteiger partial charge in [-0.15, -0.1) is 11.8 Å². The molecule has 0 aliphatic heterocycles. The standard InChI is InChI=1S/C32H29N7O3S/c1-3-4-7-20-18-28(39(38-20)21-10-12-22(43-2)13-11-21)36-32(41)35-25-14-15-26(24-9-6-5-8-23(24)25)42-27-16-17-33-31-30(27)34-19-29(40)37-31/h5-6,8-19H,3-4,7H2,1-2H3,(H,33,37,40)(H2,35,36,41). The summed E-state index contributed by atoms with van der Waals surface area (Å²) in [4.78, 5) is 37.2. The summed E-state index contributed by atoms with van der Waals surface area (Å²) in [6, 6.07) is 22.5. The van der Waals surface area contributed by atoms with Crippen molar-refractivity contribution < 1.29 is 9.53 Å². The zero-order valence-electron chi connectivity index (χ0n) is 23.6. The lowest BCUT2D eigenvalue weighted by atomic mass is 10.1. The number of hydrogen-bond acceptors (Lipinski definition) is 7. The molecule has 0 bridgehead atoms. The van der Waals surface area contributed by atoms with Crippen LogP contribution in [0, 0.1) is 0 Å². The van der Waals surface area contributed by atoms with E-state index in [1.807, 2.05) is 60.9 Å². The highest BCUT2D eigenvalue weighted by atomic mass is 32.2. The average Bonchev–Trinajstić information content (AvgIpc) is 3.43. The Hall–Kier alpha value is -5.16. The topological polar surface area (TPSA) is 127 Å². The number of thioether (sulfide) groups is 1. The van der Waals surface area contributed by atoms with E-state index in [0.29, 0.717) is 34.2 Å². The number of ether oxygens (including phenoxy) is 1. The number of benzene rings is 3. The molecule has 3 aromatic heterocycles. The smallest absolute Gasteiger partial charge is 0.324 e. The maximum absolute atomic E-state index is 13.3. The molecule has 3 heterocycles. The molecule has 0 spiro atoms. The Balaban J connectivity index is 1.27. The Morgan fingerprint density at radius 1 is 0.977 bits per heavy atom. The Kier molecular flexibility index (Phi) is 8.05. The number of hydrogen-bond donors (Lipinski definition) is 3. The van der Waals surface area contributed by atoms with Gasteiger partial charge in [0.15, 0.2) is 11.4 Å². The molecule has 0 saturated heterocycles. The zero-order chi connectivity index (χ0) is 29.8. The van der Waals surface area contributed by atoms with Crippen LogP contribution in [0.15, 0.2) is 94.9 Å². The number of aromatic amines is 1. The number of urea groups is 1. The van der Waals surface area contributed by atoms with Crippen molar-refractivity contribution in [3.05, 3.63) is 101 Å². The van der Waals surface area contributed by atoms with E-state index in [0.717, 1.165) is 46.3 Å². The van der Waals surface area contributed by atoms with Gasteiger partial charge < -0.3 is 15.0 Å². The van der Waals surface area contributed by atoms with Crippen LogP contribution in [0.1, 0.15) is 25.5 Å². The second kappa shape index (κ2) is 12.4. The minimum absolute atomic E-state index is 0.335. The lowest BCUT2D eigenvalue weighted by Gasteiger charge is -2.15. The van der Waals surface area contributed by atoms with Crippen molar-refractivity contribution >= 4 is 51.2 Å². The summed E-state index contributed by atoms with van der Waals surface area (Å²) in [5.41, 5.74) is 2.83. The molecule has 0 saturated carbocycles. The lowest BCUT2D eigenvalue weighted by molar-refractivity contribution is 0.262. The number of carbonyl (C=O) groups excluding carboxylic acids is 1. The molecule has 0 fully saturated rings. The van der Waals surface area contributed by atoms with Crippen molar-refractivity contribution in [1.29, 1.82) is 0 Å². The molecule has 216 valence electrons. The largest absolute Gasteiger partial charge is 0.454 e. The molecular weight excluding hydrogens is 562 g/mol. The van der Waals surface area contributed by atoms with Crippen LogP contribution in [0.5, 0.6) is 11.5 Å². The minimum Gasteiger partial charge on any atom is -0.454 e. The monoisotopic (exact) mass is 591 g/mol. The molecule has 6 rings (SSSR count). The Labute approximate surface area is 251 Å². The van der Waals surface area contributed by atoms with Crippen molar-refractivity contribution in [2.24, 2.45) is 0 Å². The predicted molar refractivity (Wildman–Crippen MR) is 171 cm³/mol. The summed E-state index contributed by atoms with van der Waals surface area (Å²) in [5, 5.41) is 12.4. The molecule has 11 heteroatoms. The highest BCUT2D eigenvalue weighted by Gasteiger charge is 2.16. The Morgan fingerprint density at radius 3 is 2.58 bits per heavy atom. The fourth-order valence-corrected chi connectivity index (χ4v) is 5.19. The van der Waals surface area contributed by atoms with Crippen LogP contribution in [-0.2, 0) is 6.42 Å². The second-order valence-electron chi connectivity index (χ2n) is 9.83. The van der Waals surface area contributed by atoms with Crippen LogP contribution in [0.2, 0.25) is 0 Å². The van der Waals surface area contributed by atoms with Gasteiger partial charge >= 0.3 is 6.03 Å². The molecule has 2 amide bonds. The predicted octanol–water partition coefficient (Wildman–Crippen LogP) is 7.16. The van der Waals surface area contributed by atoms with Crippen molar-refractivity contribution in [2.75, 3.05) is 16.9 Å². The minimum atomic E-state index is -0.393. The summed E-state index contributed by atoms with van der Waals surface area (Å²) in [6.07, 6.45) is 7.67. The Morgan fingerprint density at radius 2 is 1.79 bits per heavy atom. The molecule has 3 aromatic carbocycles. The maximum Gasteiger partial charge on any atom is 0.324 e. The highest BCUT2D eigenvalue weighted by molar-refractivity contribution is 7.98. The summed E-state index contributed by atoms with van der Waals surface area (Å²) in [5.74, 6) is 1.59. The van der Waals surface area contributed by atoms with Crippen molar-refractivity contribution in [3.8, 4) is 17.2 Å². The van der Waals surface area contributed by atoms with Gasteiger partial charge in [0.25, 0.3) is 5.56 Å². The molecule has 10 nitrogen and oxygen atoms in total. The van der Waals surface area contributed by atoms with Gasteiger partial charge in [-0.25, -0.2) is 19.4 Å². The van der Waals surface area contributed by atoms with Gasteiger partial charge in [0.2, 0.25) is 0 Å². The third-order valence-corrected chi connectivity index (χ3v) is 7.64. The molecule has 0 radical (unpaired) electrons. The summed E-state index contributed by atoms with van der Waals surface area (Å²) < 4.78 is 8.02. The zero-order valence-corrected chi connectivity index (χ0v) is 24.4. The number of nitrogens with one attached hydrogen (secondary N) is 3. The van der Waals surface area contributed by atoms with Gasteiger partial charge in [0, 0.05) is 34.0 Å². The fourth-order valence-electron chi connectivity index (χ4n) is 4.78. The number of unbranched alkanes of at least 4 members (excludes halogenated alkanes) is 1. The first-order valence-corrected chi connectivity index (χ1v) is 15.1. The SMILES string of the molecule is CCCCc1cc(NC(=O)Nc2ccc(Oc3ccnc4[nH]c(=O)cnc34)c3ccccc23)n(-c2ccc(SC)cc2)n1. The number of anilines is 2. The molecular formula is C32H29N7O3S. The van der Waals surface area contributed by atoms with Crippen LogP contribution in [0.25, 0.3) is 27.6 Å². The lowest BCUT2D eigenvalue weighted by Crippen LogP contribution is -2.21. The second-order valence-corrected chi connectivity index (χ2v) is 10.7. The van der Waals surface area contributed by atoms with Crippen molar-refractivity contribution in [2.45, 2.75) is 31.1 Å². The molecule has 0 aliphatic carbocycles. The van der Waals surface area contributed by atoms with E-state index in [1.165, 1.54) is 6.20 Å². The maximum atomic E-state index is 13.3. The first-order chi connectivity index (χ1) is 21.0. The third-order valence-electron chi connectivity index (χ3n) is 6.90. The number of carbonyl (C=O) groups is 1. The van der Waals surface area contributed by atoms with Gasteiger partial charge in [-0.05, 0) is 55.5 Å². The number of rotatable bonds is 9. The van der Waals surface area contributed by atoms with Crippen molar-refractivity contribution in [1.82, 2.24) is 24.7 Å². The molecule has 0 atom stereocenters. The number of pyridine rings is 1.